The van der Waals surface area contributed by atoms with Crippen LogP contribution in [0.5, 0.6) is 5.75 Å². The number of carbonyl (C=O) groups is 1. The topological polar surface area (TPSA) is 173 Å². The van der Waals surface area contributed by atoms with Crippen LogP contribution in [-0.4, -0.2) is 47.3 Å². The maximum atomic E-state index is 12.1. The molecule has 0 saturated carbocycles. The number of furan rings is 1. The Labute approximate surface area is 161 Å². The zero-order chi connectivity index (χ0) is 21.0. The van der Waals surface area contributed by atoms with Crippen LogP contribution in [0.3, 0.4) is 0 Å². The van der Waals surface area contributed by atoms with E-state index in [1.165, 1.54) is 35.1 Å². The zero-order valence-electron chi connectivity index (χ0n) is 14.5. The van der Waals surface area contributed by atoms with E-state index in [-0.39, 0.29) is 44.8 Å². The first kappa shape index (κ1) is 19.2. The van der Waals surface area contributed by atoms with Crippen molar-refractivity contribution in [1.82, 2.24) is 15.2 Å². The average Bonchev–Trinajstić information content (AvgIpc) is 3.33. The summed E-state index contributed by atoms with van der Waals surface area (Å²) in [4.78, 5) is 33.0. The predicted molar refractivity (Wildman–Crippen MR) is 93.4 cm³/mol. The Balaban J connectivity index is 1.63. The van der Waals surface area contributed by atoms with E-state index in [4.69, 9.17) is 14.8 Å². The van der Waals surface area contributed by atoms with Crippen LogP contribution in [0.15, 0.2) is 52.2 Å². The third kappa shape index (κ3) is 4.60. The number of aromatic nitrogens is 2. The molecule has 0 fully saturated rings. The first-order chi connectivity index (χ1) is 13.8. The van der Waals surface area contributed by atoms with Gasteiger partial charge in [-0.05, 0) is 18.2 Å². The third-order valence-electron chi connectivity index (χ3n) is 3.65. The van der Waals surface area contributed by atoms with Crippen LogP contribution < -0.4 is 5.43 Å². The van der Waals surface area contributed by atoms with E-state index >= 15 is 0 Å². The molecule has 13 nitrogen and oxygen atoms in total. The van der Waals surface area contributed by atoms with Crippen LogP contribution in [0.2, 0.25) is 0 Å². The van der Waals surface area contributed by atoms with Crippen LogP contribution in [-0.2, 0) is 6.54 Å². The van der Waals surface area contributed by atoms with Crippen LogP contribution in [0.4, 0.5) is 11.4 Å². The highest BCUT2D eigenvalue weighted by atomic mass is 16.6. The molecular weight excluding hydrogens is 388 g/mol. The van der Waals surface area contributed by atoms with Crippen LogP contribution in [0.25, 0.3) is 0 Å². The lowest BCUT2D eigenvalue weighted by Gasteiger charge is -1.99. The molecule has 0 saturated heterocycles. The summed E-state index contributed by atoms with van der Waals surface area (Å²) < 4.78 is 6.69. The molecule has 0 spiro atoms. The summed E-state index contributed by atoms with van der Waals surface area (Å²) in [7, 11) is 0. The SMILES string of the molecule is O=C(N/N=C\c1cc([N+](=O)O)ccc1O)c1ccc(Cn2cc([N+](=O)O)cn2)o1. The normalized spacial score (nSPS) is 10.9. The lowest BCUT2D eigenvalue weighted by molar-refractivity contribution is -0.729. The molecule has 0 radical (unpaired) electrons. The number of amides is 1. The average molecular weight is 402 g/mol. The number of benzene rings is 1. The second kappa shape index (κ2) is 7.99. The van der Waals surface area contributed by atoms with Crippen molar-refractivity contribution in [1.29, 1.82) is 0 Å². The number of rotatable bonds is 7. The number of hydrogen-bond donors (Lipinski definition) is 4. The monoisotopic (exact) mass is 402 g/mol. The number of hydrazone groups is 1. The predicted octanol–water partition coefficient (Wildman–Crippen LogP) is 1.59. The van der Waals surface area contributed by atoms with Crippen molar-refractivity contribution < 1.29 is 34.6 Å². The molecular formula is C16H14N6O7+2. The van der Waals surface area contributed by atoms with Crippen molar-refractivity contribution in [3.8, 4) is 5.75 Å². The van der Waals surface area contributed by atoms with E-state index in [2.05, 4.69) is 15.6 Å². The highest BCUT2D eigenvalue weighted by Gasteiger charge is 2.17. The first-order valence-electron chi connectivity index (χ1n) is 7.93. The van der Waals surface area contributed by atoms with Gasteiger partial charge in [0.05, 0.1) is 22.6 Å². The van der Waals surface area contributed by atoms with Gasteiger partial charge in [-0.2, -0.15) is 10.2 Å². The van der Waals surface area contributed by atoms with Gasteiger partial charge >= 0.3 is 17.3 Å². The lowest BCUT2D eigenvalue weighted by Crippen LogP contribution is -2.16. The Kier molecular flexibility index (Phi) is 5.30. The van der Waals surface area contributed by atoms with Gasteiger partial charge in [0.15, 0.2) is 5.76 Å². The number of nitrogens with zero attached hydrogens (tertiary/aromatic N) is 5. The smallest absolute Gasteiger partial charge is 0.354 e. The maximum absolute atomic E-state index is 12.1. The molecule has 2 aromatic heterocycles. The molecule has 0 bridgehead atoms. The number of aromatic hydroxyl groups is 1. The van der Waals surface area contributed by atoms with Gasteiger partial charge in [-0.1, -0.05) is 0 Å². The molecule has 0 unspecified atom stereocenters. The van der Waals surface area contributed by atoms with E-state index < -0.39 is 5.91 Å². The van der Waals surface area contributed by atoms with Crippen molar-refractivity contribution in [2.45, 2.75) is 6.54 Å². The quantitative estimate of drug-likeness (QED) is 0.340. The summed E-state index contributed by atoms with van der Waals surface area (Å²) in [5.41, 5.74) is 2.09. The molecule has 1 amide bonds. The Morgan fingerprint density at radius 2 is 1.97 bits per heavy atom. The number of carbonyl (C=O) groups excluding carboxylic acids is 1. The minimum absolute atomic E-state index is 0.0579. The van der Waals surface area contributed by atoms with Crippen molar-refractivity contribution >= 4 is 23.5 Å². The zero-order valence-corrected chi connectivity index (χ0v) is 14.5. The second-order valence-electron chi connectivity index (χ2n) is 5.65. The number of phenolic OH excluding ortho intramolecular Hbond substituents is 1. The lowest BCUT2D eigenvalue weighted by atomic mass is 10.2. The van der Waals surface area contributed by atoms with Gasteiger partial charge in [-0.3, -0.25) is 9.48 Å². The van der Waals surface area contributed by atoms with E-state index in [1.54, 1.807) is 0 Å². The molecule has 29 heavy (non-hydrogen) atoms. The van der Waals surface area contributed by atoms with E-state index in [0.29, 0.717) is 5.76 Å². The van der Waals surface area contributed by atoms with Crippen LogP contribution in [0, 0.1) is 9.81 Å². The van der Waals surface area contributed by atoms with Gasteiger partial charge in [0.2, 0.25) is 0 Å². The number of phenols is 1. The van der Waals surface area contributed by atoms with Crippen LogP contribution >= 0.6 is 0 Å². The van der Waals surface area contributed by atoms with E-state index in [1.807, 2.05) is 0 Å². The summed E-state index contributed by atoms with van der Waals surface area (Å²) >= 11 is 0. The molecule has 3 rings (SSSR count). The van der Waals surface area contributed by atoms with Crippen LogP contribution in [0.1, 0.15) is 21.9 Å². The maximum Gasteiger partial charge on any atom is 0.354 e. The molecule has 13 heteroatoms. The van der Waals surface area contributed by atoms with Crippen molar-refractivity contribution in [2.75, 3.05) is 0 Å². The van der Waals surface area contributed by atoms with Gasteiger partial charge < -0.3 is 9.52 Å². The number of nitrogens with one attached hydrogen (secondary N) is 1. The Morgan fingerprint density at radius 1 is 1.21 bits per heavy atom. The largest absolute Gasteiger partial charge is 0.507 e. The summed E-state index contributed by atoms with van der Waals surface area (Å²) in [5.74, 6) is -0.603. The summed E-state index contributed by atoms with van der Waals surface area (Å²) in [6.45, 7) is 0.109. The van der Waals surface area contributed by atoms with Crippen molar-refractivity contribution in [3.05, 3.63) is 69.6 Å². The minimum Gasteiger partial charge on any atom is -0.507 e. The van der Waals surface area contributed by atoms with Gasteiger partial charge in [0.25, 0.3) is 9.85 Å². The van der Waals surface area contributed by atoms with Gasteiger partial charge in [0.1, 0.15) is 23.9 Å². The fourth-order valence-electron chi connectivity index (χ4n) is 2.26. The fraction of sp³-hybridized carbons (Fsp3) is 0.0625. The Hall–Kier alpha value is -4.55. The molecule has 2 heterocycles. The molecule has 3 aromatic rings. The highest BCUT2D eigenvalue weighted by Crippen LogP contribution is 2.20. The molecule has 1 aromatic carbocycles. The summed E-state index contributed by atoms with van der Waals surface area (Å²) in [6.07, 6.45) is 3.53. The number of hydrogen-bond acceptors (Lipinski definition) is 7. The van der Waals surface area contributed by atoms with E-state index in [0.717, 1.165) is 18.5 Å². The van der Waals surface area contributed by atoms with Gasteiger partial charge in [0, 0.05) is 17.7 Å². The Morgan fingerprint density at radius 3 is 2.66 bits per heavy atom. The fourth-order valence-corrected chi connectivity index (χ4v) is 2.26. The molecule has 0 aliphatic carbocycles. The standard InChI is InChI=1S/C16H12N6O7/c23-14-3-1-11(21(25)26)5-10(14)6-17-19-16(24)15-4-2-13(29-15)9-20-8-12(7-18-20)22(27)28/h1-8H,9H2,(H2-2,17,19,23,24,25,26,27,28)/p+2. The molecule has 148 valence electrons. The second-order valence-corrected chi connectivity index (χ2v) is 5.65. The van der Waals surface area contributed by atoms with Crippen molar-refractivity contribution in [2.24, 2.45) is 5.10 Å². The molecule has 0 aliphatic heterocycles. The first-order valence-corrected chi connectivity index (χ1v) is 7.93. The van der Waals surface area contributed by atoms with Gasteiger partial charge in [-0.15, -0.1) is 0 Å². The third-order valence-corrected chi connectivity index (χ3v) is 3.65. The van der Waals surface area contributed by atoms with E-state index in [9.17, 15) is 19.7 Å². The molecule has 4 N–H and O–H groups in total. The summed E-state index contributed by atoms with van der Waals surface area (Å²) in [6, 6.07) is 6.46. The minimum atomic E-state index is -0.682. The Bertz CT molecular complexity index is 1120. The van der Waals surface area contributed by atoms with Crippen molar-refractivity contribution in [3.63, 3.8) is 0 Å². The highest BCUT2D eigenvalue weighted by molar-refractivity contribution is 5.92. The molecule has 0 atom stereocenters. The summed E-state index contributed by atoms with van der Waals surface area (Å²) in [5, 5.41) is 34.9. The van der Waals surface area contributed by atoms with Gasteiger partial charge in [-0.25, -0.2) is 15.8 Å². The molecule has 0 aliphatic rings.